The number of hydrogen-bond acceptors (Lipinski definition) is 3. The molecule has 0 bridgehead atoms. The van der Waals surface area contributed by atoms with E-state index >= 15 is 0 Å². The van der Waals surface area contributed by atoms with E-state index in [0.29, 0.717) is 6.54 Å². The molecule has 2 saturated heterocycles. The first-order chi connectivity index (χ1) is 10.3. The van der Waals surface area contributed by atoms with E-state index in [4.69, 9.17) is 4.74 Å². The van der Waals surface area contributed by atoms with Crippen molar-refractivity contribution in [2.75, 3.05) is 31.1 Å². The third-order valence-corrected chi connectivity index (χ3v) is 4.36. The number of hydrogen-bond donors (Lipinski definition) is 1. The van der Waals surface area contributed by atoms with Gasteiger partial charge < -0.3 is 15.0 Å². The minimum Gasteiger partial charge on any atom is -0.376 e. The van der Waals surface area contributed by atoms with Crippen molar-refractivity contribution in [3.8, 4) is 0 Å². The first-order valence-corrected chi connectivity index (χ1v) is 8.08. The highest BCUT2D eigenvalue weighted by Crippen LogP contribution is 2.20. The fraction of sp³-hybridized carbons (Fsp3) is 0.588. The molecule has 0 aliphatic carbocycles. The molecular weight excluding hydrogens is 264 g/mol. The predicted octanol–water partition coefficient (Wildman–Crippen LogP) is 2.59. The van der Waals surface area contributed by atoms with Crippen LogP contribution in [-0.2, 0) is 4.74 Å². The van der Waals surface area contributed by atoms with Gasteiger partial charge in [-0.05, 0) is 56.4 Å². The summed E-state index contributed by atoms with van der Waals surface area (Å²) in [6.07, 6.45) is 6.11. The van der Waals surface area contributed by atoms with Crippen LogP contribution in [0.4, 0.5) is 5.69 Å². The van der Waals surface area contributed by atoms with Crippen LogP contribution >= 0.6 is 0 Å². The summed E-state index contributed by atoms with van der Waals surface area (Å²) in [6, 6.07) is 7.95. The molecule has 3 rings (SSSR count). The highest BCUT2D eigenvalue weighted by molar-refractivity contribution is 5.94. The maximum atomic E-state index is 12.1. The molecule has 2 fully saturated rings. The summed E-state index contributed by atoms with van der Waals surface area (Å²) >= 11 is 0. The lowest BCUT2D eigenvalue weighted by atomic mass is 10.1. The van der Waals surface area contributed by atoms with Gasteiger partial charge in [0.1, 0.15) is 0 Å². The van der Waals surface area contributed by atoms with Crippen molar-refractivity contribution in [1.82, 2.24) is 5.32 Å². The summed E-state index contributed by atoms with van der Waals surface area (Å²) in [6.45, 7) is 3.70. The standard InChI is InChI=1S/C17H24N2O2/c20-17(18-13-16-5-1-4-12-21-16)14-6-8-15(9-7-14)19-10-2-3-11-19/h6-9,16H,1-5,10-13H2,(H,18,20)/t16-/m1/s1. The lowest BCUT2D eigenvalue weighted by molar-refractivity contribution is 0.0169. The maximum absolute atomic E-state index is 12.1. The third kappa shape index (κ3) is 3.76. The number of nitrogens with one attached hydrogen (secondary N) is 1. The van der Waals surface area contributed by atoms with E-state index in [1.165, 1.54) is 24.9 Å². The van der Waals surface area contributed by atoms with Gasteiger partial charge in [0.25, 0.3) is 5.91 Å². The number of carbonyl (C=O) groups is 1. The van der Waals surface area contributed by atoms with Gasteiger partial charge in [0.15, 0.2) is 0 Å². The van der Waals surface area contributed by atoms with Crippen LogP contribution in [0.2, 0.25) is 0 Å². The van der Waals surface area contributed by atoms with Gasteiger partial charge >= 0.3 is 0 Å². The smallest absolute Gasteiger partial charge is 0.251 e. The van der Waals surface area contributed by atoms with Crippen molar-refractivity contribution in [1.29, 1.82) is 0 Å². The van der Waals surface area contributed by atoms with Gasteiger partial charge in [0.05, 0.1) is 6.10 Å². The first-order valence-electron chi connectivity index (χ1n) is 8.08. The van der Waals surface area contributed by atoms with E-state index in [1.807, 2.05) is 12.1 Å². The molecule has 1 atom stereocenters. The predicted molar refractivity (Wildman–Crippen MR) is 83.8 cm³/mol. The largest absolute Gasteiger partial charge is 0.376 e. The Morgan fingerprint density at radius 2 is 1.90 bits per heavy atom. The molecule has 0 saturated carbocycles. The van der Waals surface area contributed by atoms with Crippen molar-refractivity contribution < 1.29 is 9.53 Å². The van der Waals surface area contributed by atoms with Gasteiger partial charge in [-0.2, -0.15) is 0 Å². The summed E-state index contributed by atoms with van der Waals surface area (Å²) in [4.78, 5) is 14.5. The highest BCUT2D eigenvalue weighted by atomic mass is 16.5. The van der Waals surface area contributed by atoms with Crippen molar-refractivity contribution in [3.63, 3.8) is 0 Å². The minimum atomic E-state index is -0.00264. The van der Waals surface area contributed by atoms with Gasteiger partial charge in [-0.3, -0.25) is 4.79 Å². The van der Waals surface area contributed by atoms with Crippen molar-refractivity contribution in [2.45, 2.75) is 38.2 Å². The Bertz CT molecular complexity index is 460. The fourth-order valence-corrected chi connectivity index (χ4v) is 3.08. The van der Waals surface area contributed by atoms with Gasteiger partial charge in [-0.1, -0.05) is 0 Å². The van der Waals surface area contributed by atoms with E-state index in [9.17, 15) is 4.79 Å². The highest BCUT2D eigenvalue weighted by Gasteiger charge is 2.16. The van der Waals surface area contributed by atoms with Crippen molar-refractivity contribution in [3.05, 3.63) is 29.8 Å². The lowest BCUT2D eigenvalue weighted by Crippen LogP contribution is -2.35. The topological polar surface area (TPSA) is 41.6 Å². The molecule has 4 nitrogen and oxygen atoms in total. The van der Waals surface area contributed by atoms with Crippen LogP contribution in [-0.4, -0.2) is 38.3 Å². The second-order valence-electron chi connectivity index (χ2n) is 5.94. The molecule has 4 heteroatoms. The van der Waals surface area contributed by atoms with Crippen LogP contribution in [0, 0.1) is 0 Å². The number of benzene rings is 1. The van der Waals surface area contributed by atoms with E-state index in [1.54, 1.807) is 0 Å². The van der Waals surface area contributed by atoms with Gasteiger partial charge in [-0.25, -0.2) is 0 Å². The quantitative estimate of drug-likeness (QED) is 0.926. The summed E-state index contributed by atoms with van der Waals surface area (Å²) in [5.74, 6) is -0.00264. The Balaban J connectivity index is 1.52. The number of ether oxygens (including phenoxy) is 1. The van der Waals surface area contributed by atoms with E-state index in [2.05, 4.69) is 22.3 Å². The molecule has 0 radical (unpaired) electrons. The molecule has 1 aromatic carbocycles. The molecule has 0 spiro atoms. The van der Waals surface area contributed by atoms with E-state index in [-0.39, 0.29) is 12.0 Å². The van der Waals surface area contributed by atoms with Crippen molar-refractivity contribution >= 4 is 11.6 Å². The molecule has 2 heterocycles. The summed E-state index contributed by atoms with van der Waals surface area (Å²) in [5, 5.41) is 2.98. The zero-order valence-corrected chi connectivity index (χ0v) is 12.5. The number of carbonyl (C=O) groups excluding carboxylic acids is 1. The average Bonchev–Trinajstić information content (AvgIpc) is 3.08. The molecule has 1 N–H and O–H groups in total. The Morgan fingerprint density at radius 1 is 1.14 bits per heavy atom. The van der Waals surface area contributed by atoms with Crippen molar-refractivity contribution in [2.24, 2.45) is 0 Å². The molecule has 21 heavy (non-hydrogen) atoms. The number of anilines is 1. The van der Waals surface area contributed by atoms with Crippen LogP contribution < -0.4 is 10.2 Å². The third-order valence-electron chi connectivity index (χ3n) is 4.36. The van der Waals surface area contributed by atoms with E-state index < -0.39 is 0 Å². The van der Waals surface area contributed by atoms with Crippen LogP contribution in [0.25, 0.3) is 0 Å². The molecule has 2 aliphatic heterocycles. The number of nitrogens with zero attached hydrogens (tertiary/aromatic N) is 1. The Labute approximate surface area is 126 Å². The summed E-state index contributed by atoms with van der Waals surface area (Å²) in [7, 11) is 0. The Hall–Kier alpha value is -1.55. The number of amides is 1. The molecular formula is C17H24N2O2. The van der Waals surface area contributed by atoms with Crippen LogP contribution in [0.1, 0.15) is 42.5 Å². The molecule has 0 aromatic heterocycles. The van der Waals surface area contributed by atoms with Crippen LogP contribution in [0.3, 0.4) is 0 Å². The maximum Gasteiger partial charge on any atom is 0.251 e. The molecule has 114 valence electrons. The Morgan fingerprint density at radius 3 is 2.57 bits per heavy atom. The van der Waals surface area contributed by atoms with E-state index in [0.717, 1.165) is 38.1 Å². The lowest BCUT2D eigenvalue weighted by Gasteiger charge is -2.22. The second kappa shape index (κ2) is 6.94. The summed E-state index contributed by atoms with van der Waals surface area (Å²) < 4.78 is 5.63. The first kappa shape index (κ1) is 14.4. The van der Waals surface area contributed by atoms with Crippen LogP contribution in [0.5, 0.6) is 0 Å². The summed E-state index contributed by atoms with van der Waals surface area (Å²) in [5.41, 5.74) is 1.95. The average molecular weight is 288 g/mol. The van der Waals surface area contributed by atoms with Gasteiger partial charge in [0.2, 0.25) is 0 Å². The molecule has 0 unspecified atom stereocenters. The van der Waals surface area contributed by atoms with Gasteiger partial charge in [-0.15, -0.1) is 0 Å². The fourth-order valence-electron chi connectivity index (χ4n) is 3.08. The second-order valence-corrected chi connectivity index (χ2v) is 5.94. The zero-order valence-electron chi connectivity index (χ0n) is 12.5. The molecule has 1 aromatic rings. The van der Waals surface area contributed by atoms with Gasteiger partial charge in [0, 0.05) is 37.5 Å². The SMILES string of the molecule is O=C(NC[C@H]1CCCCO1)c1ccc(N2CCCC2)cc1. The molecule has 2 aliphatic rings. The molecule has 1 amide bonds. The van der Waals surface area contributed by atoms with Crippen LogP contribution in [0.15, 0.2) is 24.3 Å². The monoisotopic (exact) mass is 288 g/mol. The minimum absolute atomic E-state index is 0.00264. The normalized spacial score (nSPS) is 22.3. The Kier molecular flexibility index (Phi) is 4.76. The number of rotatable bonds is 4. The zero-order chi connectivity index (χ0) is 14.5.